The number of aromatic nitrogens is 1. The summed E-state index contributed by atoms with van der Waals surface area (Å²) in [7, 11) is 0. The van der Waals surface area contributed by atoms with E-state index in [0.29, 0.717) is 5.39 Å². The number of amides is 1. The summed E-state index contributed by atoms with van der Waals surface area (Å²) >= 11 is 0. The topological polar surface area (TPSA) is 56.0 Å². The van der Waals surface area contributed by atoms with E-state index >= 15 is 0 Å². The van der Waals surface area contributed by atoms with Crippen molar-refractivity contribution in [3.63, 3.8) is 0 Å². The van der Waals surface area contributed by atoms with Gasteiger partial charge < -0.3 is 5.73 Å². The van der Waals surface area contributed by atoms with E-state index in [1.165, 1.54) is 6.07 Å². The molecule has 0 fully saturated rings. The van der Waals surface area contributed by atoms with Crippen LogP contribution < -0.4 is 5.73 Å². The lowest BCUT2D eigenvalue weighted by atomic mass is 10.1. The maximum Gasteiger partial charge on any atom is 0.248 e. The zero-order valence-electron chi connectivity index (χ0n) is 8.12. The number of halogens is 1. The van der Waals surface area contributed by atoms with E-state index < -0.39 is 11.7 Å². The van der Waals surface area contributed by atoms with Crippen molar-refractivity contribution >= 4 is 16.8 Å². The molecule has 15 heavy (non-hydrogen) atoms. The minimum atomic E-state index is -0.642. The molecular weight excluding hydrogens is 195 g/mol. The number of carbonyl (C=O) groups is 1. The second-order valence-electron chi connectivity index (χ2n) is 3.35. The summed E-state index contributed by atoms with van der Waals surface area (Å²) in [5.74, 6) is -1.17. The lowest BCUT2D eigenvalue weighted by molar-refractivity contribution is 0.1000. The fourth-order valence-electron chi connectivity index (χ4n) is 1.43. The van der Waals surface area contributed by atoms with E-state index in [9.17, 15) is 9.18 Å². The molecule has 1 aromatic carbocycles. The van der Waals surface area contributed by atoms with Crippen LogP contribution in [0.25, 0.3) is 10.9 Å². The first-order valence-electron chi connectivity index (χ1n) is 4.44. The maximum absolute atomic E-state index is 13.5. The van der Waals surface area contributed by atoms with Crippen molar-refractivity contribution in [2.45, 2.75) is 6.92 Å². The molecule has 0 aliphatic rings. The Hall–Kier alpha value is -1.97. The number of nitrogens with zero attached hydrogens (tertiary/aromatic N) is 1. The Bertz CT molecular complexity index is 552. The van der Waals surface area contributed by atoms with Gasteiger partial charge in [0.1, 0.15) is 11.3 Å². The number of fused-ring (bicyclic) bond motifs is 1. The summed E-state index contributed by atoms with van der Waals surface area (Å²) < 4.78 is 13.5. The highest BCUT2D eigenvalue weighted by Gasteiger charge is 2.08. The zero-order chi connectivity index (χ0) is 11.0. The molecule has 2 aromatic rings. The standard InChI is InChI=1S/C11H9FN2O/c1-6-2-3-7-4-8(11(13)15)5-9(12)10(7)14-6/h2-5H,1H3,(H2,13,15). The number of hydrogen-bond acceptors (Lipinski definition) is 2. The van der Waals surface area contributed by atoms with Crippen LogP contribution in [-0.2, 0) is 0 Å². The fourth-order valence-corrected chi connectivity index (χ4v) is 1.43. The van der Waals surface area contributed by atoms with Crippen LogP contribution in [0.15, 0.2) is 24.3 Å². The van der Waals surface area contributed by atoms with Crippen LogP contribution in [0.5, 0.6) is 0 Å². The number of benzene rings is 1. The van der Waals surface area contributed by atoms with Crippen molar-refractivity contribution in [3.8, 4) is 0 Å². The van der Waals surface area contributed by atoms with E-state index in [1.807, 2.05) is 0 Å². The Kier molecular flexibility index (Phi) is 2.11. The number of carbonyl (C=O) groups excluding carboxylic acids is 1. The van der Waals surface area contributed by atoms with Gasteiger partial charge in [-0.2, -0.15) is 0 Å². The third-order valence-corrected chi connectivity index (χ3v) is 2.17. The van der Waals surface area contributed by atoms with Gasteiger partial charge >= 0.3 is 0 Å². The normalized spacial score (nSPS) is 10.5. The van der Waals surface area contributed by atoms with Crippen molar-refractivity contribution in [1.82, 2.24) is 4.98 Å². The molecule has 1 heterocycles. The first kappa shape index (κ1) is 9.58. The Morgan fingerprint density at radius 1 is 1.40 bits per heavy atom. The van der Waals surface area contributed by atoms with Crippen molar-refractivity contribution in [1.29, 1.82) is 0 Å². The van der Waals surface area contributed by atoms with Crippen molar-refractivity contribution in [3.05, 3.63) is 41.3 Å². The fraction of sp³-hybridized carbons (Fsp3) is 0.0909. The van der Waals surface area contributed by atoms with Crippen molar-refractivity contribution in [2.75, 3.05) is 0 Å². The van der Waals surface area contributed by atoms with E-state index in [2.05, 4.69) is 4.98 Å². The van der Waals surface area contributed by atoms with Gasteiger partial charge in [-0.25, -0.2) is 4.39 Å². The molecule has 0 aliphatic carbocycles. The second kappa shape index (κ2) is 3.31. The SMILES string of the molecule is Cc1ccc2cc(C(N)=O)cc(F)c2n1. The zero-order valence-corrected chi connectivity index (χ0v) is 8.12. The summed E-state index contributed by atoms with van der Waals surface area (Å²) in [6.07, 6.45) is 0. The van der Waals surface area contributed by atoms with E-state index in [1.54, 1.807) is 19.1 Å². The molecule has 4 heteroatoms. The van der Waals surface area contributed by atoms with E-state index in [-0.39, 0.29) is 11.1 Å². The number of aryl methyl sites for hydroxylation is 1. The third-order valence-electron chi connectivity index (χ3n) is 2.17. The summed E-state index contributed by atoms with van der Waals surface area (Å²) in [4.78, 5) is 14.9. The molecule has 0 saturated heterocycles. The van der Waals surface area contributed by atoms with Crippen molar-refractivity contribution in [2.24, 2.45) is 5.73 Å². The second-order valence-corrected chi connectivity index (χ2v) is 3.35. The van der Waals surface area contributed by atoms with Gasteiger partial charge in [-0.1, -0.05) is 6.07 Å². The number of primary amides is 1. The molecule has 0 radical (unpaired) electrons. The first-order chi connectivity index (χ1) is 7.08. The van der Waals surface area contributed by atoms with Crippen LogP contribution >= 0.6 is 0 Å². The minimum absolute atomic E-state index is 0.158. The van der Waals surface area contributed by atoms with Gasteiger partial charge in [0.15, 0.2) is 0 Å². The lowest BCUT2D eigenvalue weighted by Crippen LogP contribution is -2.11. The molecule has 2 N–H and O–H groups in total. The predicted molar refractivity (Wildman–Crippen MR) is 55.0 cm³/mol. The van der Waals surface area contributed by atoms with Crippen LogP contribution in [0.2, 0.25) is 0 Å². The summed E-state index contributed by atoms with van der Waals surface area (Å²) in [5.41, 5.74) is 6.23. The lowest BCUT2D eigenvalue weighted by Gasteiger charge is -2.02. The summed E-state index contributed by atoms with van der Waals surface area (Å²) in [6, 6.07) is 6.12. The van der Waals surface area contributed by atoms with Gasteiger partial charge in [-0.3, -0.25) is 9.78 Å². The Labute approximate surface area is 85.7 Å². The summed E-state index contributed by atoms with van der Waals surface area (Å²) in [6.45, 7) is 1.78. The maximum atomic E-state index is 13.5. The van der Waals surface area contributed by atoms with E-state index in [4.69, 9.17) is 5.73 Å². The average molecular weight is 204 g/mol. The highest BCUT2D eigenvalue weighted by Crippen LogP contribution is 2.18. The highest BCUT2D eigenvalue weighted by atomic mass is 19.1. The molecular formula is C11H9FN2O. The molecule has 0 bridgehead atoms. The summed E-state index contributed by atoms with van der Waals surface area (Å²) in [5, 5.41) is 0.578. The number of nitrogens with two attached hydrogens (primary N) is 1. The van der Waals surface area contributed by atoms with Crippen LogP contribution in [0.4, 0.5) is 4.39 Å². The van der Waals surface area contributed by atoms with Gasteiger partial charge in [0.05, 0.1) is 0 Å². The number of rotatable bonds is 1. The molecule has 1 aromatic heterocycles. The average Bonchev–Trinajstić information content (AvgIpc) is 2.18. The van der Waals surface area contributed by atoms with Crippen LogP contribution in [-0.4, -0.2) is 10.9 Å². The predicted octanol–water partition coefficient (Wildman–Crippen LogP) is 1.78. The molecule has 0 aliphatic heterocycles. The smallest absolute Gasteiger partial charge is 0.248 e. The van der Waals surface area contributed by atoms with Gasteiger partial charge in [0, 0.05) is 16.6 Å². The molecule has 0 atom stereocenters. The highest BCUT2D eigenvalue weighted by molar-refractivity contribution is 5.97. The number of pyridine rings is 1. The van der Waals surface area contributed by atoms with Gasteiger partial charge in [-0.05, 0) is 25.1 Å². The van der Waals surface area contributed by atoms with Crippen LogP contribution in [0.1, 0.15) is 16.1 Å². The van der Waals surface area contributed by atoms with E-state index in [0.717, 1.165) is 11.8 Å². The van der Waals surface area contributed by atoms with Crippen LogP contribution in [0.3, 0.4) is 0 Å². The Balaban J connectivity index is 2.78. The quantitative estimate of drug-likeness (QED) is 0.769. The molecule has 2 rings (SSSR count). The third kappa shape index (κ3) is 1.66. The van der Waals surface area contributed by atoms with Crippen LogP contribution in [0, 0.1) is 12.7 Å². The molecule has 0 unspecified atom stereocenters. The largest absolute Gasteiger partial charge is 0.366 e. The molecule has 3 nitrogen and oxygen atoms in total. The Morgan fingerprint density at radius 3 is 2.80 bits per heavy atom. The molecule has 76 valence electrons. The number of hydrogen-bond donors (Lipinski definition) is 1. The monoisotopic (exact) mass is 204 g/mol. The van der Waals surface area contributed by atoms with Crippen molar-refractivity contribution < 1.29 is 9.18 Å². The first-order valence-corrected chi connectivity index (χ1v) is 4.44. The molecule has 0 spiro atoms. The van der Waals surface area contributed by atoms with Gasteiger partial charge in [0.25, 0.3) is 0 Å². The molecule has 0 saturated carbocycles. The Morgan fingerprint density at radius 2 is 2.13 bits per heavy atom. The molecule has 1 amide bonds. The van der Waals surface area contributed by atoms with Gasteiger partial charge in [-0.15, -0.1) is 0 Å². The minimum Gasteiger partial charge on any atom is -0.366 e. The van der Waals surface area contributed by atoms with Gasteiger partial charge in [0.2, 0.25) is 5.91 Å².